The first-order chi connectivity index (χ1) is 9.54. The molecule has 108 valence electrons. The maximum absolute atomic E-state index is 11.9. The van der Waals surface area contributed by atoms with Crippen molar-refractivity contribution in [1.82, 2.24) is 10.6 Å². The molecule has 2 rings (SSSR count). The van der Waals surface area contributed by atoms with Gasteiger partial charge in [-0.2, -0.15) is 0 Å². The maximum Gasteiger partial charge on any atom is 0.272 e. The summed E-state index contributed by atoms with van der Waals surface area (Å²) in [6.07, 6.45) is 0. The van der Waals surface area contributed by atoms with Crippen LogP contribution in [0.1, 0.15) is 5.56 Å². The van der Waals surface area contributed by atoms with Gasteiger partial charge in [-0.1, -0.05) is 0 Å². The van der Waals surface area contributed by atoms with Crippen molar-refractivity contribution < 1.29 is 9.72 Å². The Morgan fingerprint density at radius 2 is 2.30 bits per heavy atom. The smallest absolute Gasteiger partial charge is 0.272 e. The summed E-state index contributed by atoms with van der Waals surface area (Å²) in [5.74, 6) is -0.0618. The molecule has 0 spiro atoms. The first-order valence-electron chi connectivity index (χ1n) is 6.48. The van der Waals surface area contributed by atoms with E-state index < -0.39 is 4.92 Å². The van der Waals surface area contributed by atoms with E-state index in [0.717, 1.165) is 12.2 Å². The molecule has 1 aliphatic rings. The number of aryl methyl sites for hydroxylation is 1. The predicted molar refractivity (Wildman–Crippen MR) is 75.9 cm³/mol. The van der Waals surface area contributed by atoms with Crippen molar-refractivity contribution in [3.05, 3.63) is 33.9 Å². The summed E-state index contributed by atoms with van der Waals surface area (Å²) in [7, 11) is 1.61. The molecule has 7 nitrogen and oxygen atoms in total. The lowest BCUT2D eigenvalue weighted by Crippen LogP contribution is -2.57. The van der Waals surface area contributed by atoms with Gasteiger partial charge in [0, 0.05) is 44.0 Å². The van der Waals surface area contributed by atoms with Crippen molar-refractivity contribution >= 4 is 17.3 Å². The first-order valence-corrected chi connectivity index (χ1v) is 6.48. The summed E-state index contributed by atoms with van der Waals surface area (Å²) in [5, 5.41) is 16.7. The molecule has 2 N–H and O–H groups in total. The quantitative estimate of drug-likeness (QED) is 0.618. The van der Waals surface area contributed by atoms with Gasteiger partial charge in [0.15, 0.2) is 0 Å². The molecule has 1 fully saturated rings. The van der Waals surface area contributed by atoms with Gasteiger partial charge in [-0.25, -0.2) is 0 Å². The number of benzene rings is 1. The summed E-state index contributed by atoms with van der Waals surface area (Å²) in [6.45, 7) is 3.74. The molecule has 1 saturated heterocycles. The third-order valence-electron chi connectivity index (χ3n) is 3.50. The molecule has 20 heavy (non-hydrogen) atoms. The number of anilines is 1. The first kappa shape index (κ1) is 14.3. The molecule has 0 aromatic heterocycles. The highest BCUT2D eigenvalue weighted by Crippen LogP contribution is 2.26. The van der Waals surface area contributed by atoms with Gasteiger partial charge in [-0.05, 0) is 19.1 Å². The lowest BCUT2D eigenvalue weighted by atomic mass is 10.1. The van der Waals surface area contributed by atoms with Crippen LogP contribution in [0.4, 0.5) is 11.4 Å². The Kier molecular flexibility index (Phi) is 4.19. The number of nitro benzene ring substituents is 1. The van der Waals surface area contributed by atoms with Crippen LogP contribution >= 0.6 is 0 Å². The predicted octanol–water partition coefficient (Wildman–Crippen LogP) is 0.427. The second kappa shape index (κ2) is 5.87. The van der Waals surface area contributed by atoms with Crippen LogP contribution in [0.5, 0.6) is 0 Å². The Bertz CT molecular complexity index is 532. The van der Waals surface area contributed by atoms with Crippen LogP contribution in [0.3, 0.4) is 0 Å². The third-order valence-corrected chi connectivity index (χ3v) is 3.50. The number of nitrogens with zero attached hydrogens (tertiary/aromatic N) is 2. The minimum absolute atomic E-state index is 0.0618. The molecule has 1 amide bonds. The molecule has 1 aromatic rings. The van der Waals surface area contributed by atoms with E-state index in [9.17, 15) is 14.9 Å². The molecule has 0 bridgehead atoms. The fourth-order valence-corrected chi connectivity index (χ4v) is 2.44. The standard InChI is InChI=1S/C13H18N4O3/c1-9-7-10(3-4-11(9)17(19)20)16-6-5-15-8-12(16)13(18)14-2/h3-4,7,12,15H,5-6,8H2,1-2H3,(H,14,18). The highest BCUT2D eigenvalue weighted by atomic mass is 16.6. The van der Waals surface area contributed by atoms with E-state index in [4.69, 9.17) is 0 Å². The monoisotopic (exact) mass is 278 g/mol. The Labute approximate surface area is 117 Å². The molecule has 1 aromatic carbocycles. The molecular formula is C13H18N4O3. The van der Waals surface area contributed by atoms with E-state index >= 15 is 0 Å². The highest BCUT2D eigenvalue weighted by Gasteiger charge is 2.28. The summed E-state index contributed by atoms with van der Waals surface area (Å²) in [5.41, 5.74) is 1.53. The average molecular weight is 278 g/mol. The molecule has 1 unspecified atom stereocenters. The van der Waals surface area contributed by atoms with Crippen LogP contribution < -0.4 is 15.5 Å². The lowest BCUT2D eigenvalue weighted by molar-refractivity contribution is -0.385. The Morgan fingerprint density at radius 3 is 2.90 bits per heavy atom. The van der Waals surface area contributed by atoms with Crippen molar-refractivity contribution in [3.8, 4) is 0 Å². The topological polar surface area (TPSA) is 87.5 Å². The Morgan fingerprint density at radius 1 is 1.55 bits per heavy atom. The third kappa shape index (κ3) is 2.72. The van der Waals surface area contributed by atoms with Gasteiger partial charge in [0.1, 0.15) is 6.04 Å². The van der Waals surface area contributed by atoms with Crippen molar-refractivity contribution in [1.29, 1.82) is 0 Å². The van der Waals surface area contributed by atoms with Crippen LogP contribution in [0.25, 0.3) is 0 Å². The van der Waals surface area contributed by atoms with E-state index in [-0.39, 0.29) is 17.6 Å². The number of carbonyl (C=O) groups excluding carboxylic acids is 1. The number of amides is 1. The zero-order valence-corrected chi connectivity index (χ0v) is 11.5. The number of piperazine rings is 1. The van der Waals surface area contributed by atoms with Crippen molar-refractivity contribution in [2.24, 2.45) is 0 Å². The summed E-state index contributed by atoms with van der Waals surface area (Å²) < 4.78 is 0. The number of likely N-dealkylation sites (N-methyl/N-ethyl adjacent to an activating group) is 1. The zero-order chi connectivity index (χ0) is 14.7. The summed E-state index contributed by atoms with van der Waals surface area (Å²) >= 11 is 0. The molecule has 7 heteroatoms. The lowest BCUT2D eigenvalue weighted by Gasteiger charge is -2.36. The van der Waals surface area contributed by atoms with Crippen LogP contribution in [0.15, 0.2) is 18.2 Å². The second-order valence-corrected chi connectivity index (χ2v) is 4.76. The van der Waals surface area contributed by atoms with E-state index in [1.807, 2.05) is 4.90 Å². The van der Waals surface area contributed by atoms with Crippen molar-refractivity contribution in [2.45, 2.75) is 13.0 Å². The van der Waals surface area contributed by atoms with E-state index in [2.05, 4.69) is 10.6 Å². The number of hydrogen-bond donors (Lipinski definition) is 2. The number of rotatable bonds is 3. The molecule has 1 aliphatic heterocycles. The van der Waals surface area contributed by atoms with Crippen LogP contribution in [-0.2, 0) is 4.79 Å². The van der Waals surface area contributed by atoms with Gasteiger partial charge in [-0.15, -0.1) is 0 Å². The molecule has 1 atom stereocenters. The van der Waals surface area contributed by atoms with Gasteiger partial charge in [0.2, 0.25) is 5.91 Å². The van der Waals surface area contributed by atoms with Gasteiger partial charge < -0.3 is 15.5 Å². The minimum atomic E-state index is -0.396. The SMILES string of the molecule is CNC(=O)C1CNCCN1c1ccc([N+](=O)[O-])c(C)c1. The van der Waals surface area contributed by atoms with Crippen LogP contribution in [0.2, 0.25) is 0 Å². The minimum Gasteiger partial charge on any atom is -0.357 e. The molecule has 0 saturated carbocycles. The van der Waals surface area contributed by atoms with Gasteiger partial charge in [0.05, 0.1) is 4.92 Å². The largest absolute Gasteiger partial charge is 0.357 e. The van der Waals surface area contributed by atoms with Crippen LogP contribution in [0, 0.1) is 17.0 Å². The van der Waals surface area contributed by atoms with E-state index in [1.54, 1.807) is 26.1 Å². The Balaban J connectivity index is 2.31. The van der Waals surface area contributed by atoms with Crippen LogP contribution in [-0.4, -0.2) is 43.6 Å². The molecular weight excluding hydrogens is 260 g/mol. The second-order valence-electron chi connectivity index (χ2n) is 4.76. The van der Waals surface area contributed by atoms with Crippen molar-refractivity contribution in [2.75, 3.05) is 31.6 Å². The average Bonchev–Trinajstić information content (AvgIpc) is 2.46. The zero-order valence-electron chi connectivity index (χ0n) is 11.5. The summed E-state index contributed by atoms with van der Waals surface area (Å²) in [6, 6.07) is 4.66. The van der Waals surface area contributed by atoms with Gasteiger partial charge >= 0.3 is 0 Å². The molecule has 0 radical (unpaired) electrons. The molecule has 1 heterocycles. The van der Waals surface area contributed by atoms with E-state index in [0.29, 0.717) is 18.7 Å². The molecule has 0 aliphatic carbocycles. The number of nitro groups is 1. The van der Waals surface area contributed by atoms with E-state index in [1.165, 1.54) is 6.07 Å². The van der Waals surface area contributed by atoms with Gasteiger partial charge in [-0.3, -0.25) is 14.9 Å². The van der Waals surface area contributed by atoms with Gasteiger partial charge in [0.25, 0.3) is 5.69 Å². The number of hydrogen-bond acceptors (Lipinski definition) is 5. The Hall–Kier alpha value is -2.15. The maximum atomic E-state index is 11.9. The fraction of sp³-hybridized carbons (Fsp3) is 0.462. The highest BCUT2D eigenvalue weighted by molar-refractivity contribution is 5.85. The number of nitrogens with one attached hydrogen (secondary N) is 2. The fourth-order valence-electron chi connectivity index (χ4n) is 2.44. The number of carbonyl (C=O) groups is 1. The van der Waals surface area contributed by atoms with Crippen molar-refractivity contribution in [3.63, 3.8) is 0 Å². The normalized spacial score (nSPS) is 18.7. The summed E-state index contributed by atoms with van der Waals surface area (Å²) in [4.78, 5) is 24.3.